The van der Waals surface area contributed by atoms with Crippen molar-refractivity contribution >= 4 is 29.5 Å². The predicted octanol–water partition coefficient (Wildman–Crippen LogP) is 1.66. The summed E-state index contributed by atoms with van der Waals surface area (Å²) in [6, 6.07) is 0. The maximum atomic E-state index is 11.5. The molecule has 1 aliphatic rings. The van der Waals surface area contributed by atoms with E-state index in [1.807, 2.05) is 17.6 Å². The fourth-order valence-corrected chi connectivity index (χ4v) is 2.90. The number of thioether (sulfide) groups is 1. The molecule has 7 heteroatoms. The number of Topliss-reactive ketones (excluding diaryl/α,β-unsaturated/α-hetero) is 2. The van der Waals surface area contributed by atoms with E-state index in [1.54, 1.807) is 13.1 Å². The molecule has 6 nitrogen and oxygen atoms in total. The van der Waals surface area contributed by atoms with Crippen LogP contribution in [0.2, 0.25) is 0 Å². The third-order valence-corrected chi connectivity index (χ3v) is 4.23. The lowest BCUT2D eigenvalue weighted by Gasteiger charge is -2.16. The summed E-state index contributed by atoms with van der Waals surface area (Å²) in [5, 5.41) is 9.13. The first-order valence-corrected chi connectivity index (χ1v) is 7.79. The molecular weight excluding hydrogens is 288 g/mol. The molecular formula is C14H18N4O2S. The van der Waals surface area contributed by atoms with Crippen LogP contribution in [0.4, 0.5) is 0 Å². The second-order valence-electron chi connectivity index (χ2n) is 4.85. The van der Waals surface area contributed by atoms with Crippen molar-refractivity contribution in [3.8, 4) is 0 Å². The molecule has 0 spiro atoms. The molecule has 2 heterocycles. The Balaban J connectivity index is 2.26. The van der Waals surface area contributed by atoms with Gasteiger partial charge in [0.25, 0.3) is 0 Å². The molecule has 0 saturated carbocycles. The normalized spacial score (nSPS) is 17.7. The molecule has 0 aliphatic carbocycles. The van der Waals surface area contributed by atoms with Crippen molar-refractivity contribution in [2.45, 2.75) is 38.4 Å². The molecule has 1 aliphatic heterocycles. The number of rotatable bonds is 6. The number of ketones is 2. The van der Waals surface area contributed by atoms with E-state index in [2.05, 4.69) is 15.2 Å². The van der Waals surface area contributed by atoms with Crippen LogP contribution in [-0.4, -0.2) is 44.8 Å². The van der Waals surface area contributed by atoms with Gasteiger partial charge in [-0.3, -0.25) is 14.6 Å². The first-order chi connectivity index (χ1) is 10.0. The Labute approximate surface area is 127 Å². The van der Waals surface area contributed by atoms with Crippen LogP contribution in [0.25, 0.3) is 0 Å². The van der Waals surface area contributed by atoms with Gasteiger partial charge in [-0.05, 0) is 20.8 Å². The molecule has 1 aromatic heterocycles. The highest BCUT2D eigenvalue weighted by Crippen LogP contribution is 2.25. The molecule has 0 radical (unpaired) electrons. The molecule has 1 aromatic rings. The molecule has 0 aromatic carbocycles. The summed E-state index contributed by atoms with van der Waals surface area (Å²) in [7, 11) is 0. The number of dihydropyridines is 1. The van der Waals surface area contributed by atoms with E-state index < -0.39 is 0 Å². The number of carbonyl (C=O) groups is 2. The van der Waals surface area contributed by atoms with Crippen LogP contribution in [0.15, 0.2) is 21.8 Å². The maximum absolute atomic E-state index is 11.5. The largest absolute Gasteiger partial charge is 0.306 e. The average molecular weight is 306 g/mol. The standard InChI is InChI=1S/C14H18N4O2S/c1-4-18-13(16-17-14(18)21-8-9(2)19)12-5-11(10(3)20)6-15-7-12/h5-6,12H,4,7-8H2,1-3H3. The van der Waals surface area contributed by atoms with E-state index in [1.165, 1.54) is 18.7 Å². The minimum atomic E-state index is -0.0481. The molecule has 0 saturated heterocycles. The smallest absolute Gasteiger partial charge is 0.191 e. The van der Waals surface area contributed by atoms with Gasteiger partial charge < -0.3 is 4.57 Å². The second kappa shape index (κ2) is 6.80. The summed E-state index contributed by atoms with van der Waals surface area (Å²) in [5.74, 6) is 1.23. The molecule has 0 bridgehead atoms. The Morgan fingerprint density at radius 2 is 2.14 bits per heavy atom. The van der Waals surface area contributed by atoms with E-state index in [0.717, 1.165) is 11.0 Å². The van der Waals surface area contributed by atoms with Crippen LogP contribution in [0.1, 0.15) is 32.5 Å². The number of aromatic nitrogens is 3. The zero-order valence-corrected chi connectivity index (χ0v) is 13.2. The van der Waals surface area contributed by atoms with Gasteiger partial charge in [-0.1, -0.05) is 17.8 Å². The highest BCUT2D eigenvalue weighted by Gasteiger charge is 2.22. The fourth-order valence-electron chi connectivity index (χ4n) is 2.09. The molecule has 0 N–H and O–H groups in total. The van der Waals surface area contributed by atoms with Gasteiger partial charge in [-0.25, -0.2) is 0 Å². The van der Waals surface area contributed by atoms with Crippen molar-refractivity contribution in [1.82, 2.24) is 14.8 Å². The monoisotopic (exact) mass is 306 g/mol. The predicted molar refractivity (Wildman–Crippen MR) is 82.0 cm³/mol. The van der Waals surface area contributed by atoms with Crippen LogP contribution in [0.3, 0.4) is 0 Å². The maximum Gasteiger partial charge on any atom is 0.191 e. The summed E-state index contributed by atoms with van der Waals surface area (Å²) in [4.78, 5) is 26.8. The van der Waals surface area contributed by atoms with Crippen molar-refractivity contribution in [1.29, 1.82) is 0 Å². The van der Waals surface area contributed by atoms with Crippen LogP contribution in [0.5, 0.6) is 0 Å². The van der Waals surface area contributed by atoms with Gasteiger partial charge >= 0.3 is 0 Å². The minimum Gasteiger partial charge on any atom is -0.306 e. The summed E-state index contributed by atoms with van der Waals surface area (Å²) in [5.41, 5.74) is 0.606. The summed E-state index contributed by atoms with van der Waals surface area (Å²) in [6.45, 7) is 6.36. The van der Waals surface area contributed by atoms with Crippen LogP contribution < -0.4 is 0 Å². The molecule has 1 unspecified atom stereocenters. The summed E-state index contributed by atoms with van der Waals surface area (Å²) in [6.07, 6.45) is 3.50. The molecule has 0 fully saturated rings. The van der Waals surface area contributed by atoms with Crippen molar-refractivity contribution < 1.29 is 9.59 Å². The van der Waals surface area contributed by atoms with Crippen LogP contribution in [-0.2, 0) is 16.1 Å². The lowest BCUT2D eigenvalue weighted by atomic mass is 10.0. The summed E-state index contributed by atoms with van der Waals surface area (Å²) >= 11 is 1.39. The Bertz CT molecular complexity index is 618. The molecule has 1 atom stereocenters. The number of hydrogen-bond donors (Lipinski definition) is 0. The number of aliphatic imine (C=N–C) groups is 1. The highest BCUT2D eigenvalue weighted by atomic mass is 32.2. The van der Waals surface area contributed by atoms with Crippen molar-refractivity contribution in [2.75, 3.05) is 12.3 Å². The van der Waals surface area contributed by atoms with Gasteiger partial charge in [0.15, 0.2) is 10.9 Å². The third-order valence-electron chi connectivity index (χ3n) is 3.12. The van der Waals surface area contributed by atoms with Gasteiger partial charge in [0.1, 0.15) is 11.6 Å². The Morgan fingerprint density at radius 1 is 1.38 bits per heavy atom. The van der Waals surface area contributed by atoms with Crippen LogP contribution >= 0.6 is 11.8 Å². The van der Waals surface area contributed by atoms with E-state index >= 15 is 0 Å². The second-order valence-corrected chi connectivity index (χ2v) is 5.80. The SMILES string of the molecule is CCn1c(SCC(C)=O)nnc1C1C=C(C(C)=O)C=NC1. The molecule has 112 valence electrons. The average Bonchev–Trinajstić information content (AvgIpc) is 2.88. The first kappa shape index (κ1) is 15.6. The number of hydrogen-bond acceptors (Lipinski definition) is 6. The molecule has 21 heavy (non-hydrogen) atoms. The zero-order valence-electron chi connectivity index (χ0n) is 12.4. The number of carbonyl (C=O) groups excluding carboxylic acids is 2. The first-order valence-electron chi connectivity index (χ1n) is 6.80. The van der Waals surface area contributed by atoms with Crippen molar-refractivity contribution in [3.63, 3.8) is 0 Å². The quantitative estimate of drug-likeness (QED) is 0.747. The molecule has 0 amide bonds. The number of nitrogens with zero attached hydrogens (tertiary/aromatic N) is 4. The number of allylic oxidation sites excluding steroid dienone is 1. The molecule has 2 rings (SSSR count). The van der Waals surface area contributed by atoms with Crippen molar-refractivity contribution in [3.05, 3.63) is 17.5 Å². The van der Waals surface area contributed by atoms with Gasteiger partial charge in [0, 0.05) is 18.3 Å². The summed E-state index contributed by atoms with van der Waals surface area (Å²) < 4.78 is 1.98. The van der Waals surface area contributed by atoms with Crippen molar-refractivity contribution in [2.24, 2.45) is 4.99 Å². The highest BCUT2D eigenvalue weighted by molar-refractivity contribution is 7.99. The third kappa shape index (κ3) is 3.66. The van der Waals surface area contributed by atoms with Gasteiger partial charge in [-0.2, -0.15) is 0 Å². The zero-order chi connectivity index (χ0) is 15.4. The van der Waals surface area contributed by atoms with E-state index in [-0.39, 0.29) is 17.5 Å². The Hall–Kier alpha value is -1.76. The van der Waals surface area contributed by atoms with Gasteiger partial charge in [0.2, 0.25) is 0 Å². The minimum absolute atomic E-state index is 0.00260. The van der Waals surface area contributed by atoms with E-state index in [4.69, 9.17) is 0 Å². The Morgan fingerprint density at radius 3 is 2.76 bits per heavy atom. The van der Waals surface area contributed by atoms with Gasteiger partial charge in [-0.15, -0.1) is 10.2 Å². The Kier molecular flexibility index (Phi) is 5.06. The van der Waals surface area contributed by atoms with E-state index in [0.29, 0.717) is 24.4 Å². The van der Waals surface area contributed by atoms with Crippen LogP contribution in [0, 0.1) is 0 Å². The topological polar surface area (TPSA) is 77.2 Å². The van der Waals surface area contributed by atoms with Gasteiger partial charge in [0.05, 0.1) is 18.2 Å². The fraction of sp³-hybridized carbons (Fsp3) is 0.500. The lowest BCUT2D eigenvalue weighted by molar-refractivity contribution is -0.115. The lowest BCUT2D eigenvalue weighted by Crippen LogP contribution is -2.15. The van der Waals surface area contributed by atoms with E-state index in [9.17, 15) is 9.59 Å².